The second kappa shape index (κ2) is 7.07. The van der Waals surface area contributed by atoms with E-state index in [4.69, 9.17) is 5.11 Å². The lowest BCUT2D eigenvalue weighted by Crippen LogP contribution is -2.42. The average molecular weight is 332 g/mol. The number of aliphatic carboxylic acids is 1. The fraction of sp³-hybridized carbons (Fsp3) is 0.588. The number of amides is 2. The van der Waals surface area contributed by atoms with E-state index in [0.29, 0.717) is 19.6 Å². The topological polar surface area (TPSA) is 85.8 Å². The van der Waals surface area contributed by atoms with Crippen LogP contribution in [-0.2, 0) is 17.6 Å². The van der Waals surface area contributed by atoms with Gasteiger partial charge in [0.1, 0.15) is 11.9 Å². The molecule has 3 heterocycles. The van der Waals surface area contributed by atoms with Crippen LogP contribution in [0.15, 0.2) is 12.1 Å². The molecule has 24 heavy (non-hydrogen) atoms. The van der Waals surface area contributed by atoms with Crippen LogP contribution in [0.1, 0.15) is 31.0 Å². The summed E-state index contributed by atoms with van der Waals surface area (Å²) in [5.41, 5.74) is 2.31. The van der Waals surface area contributed by atoms with Crippen molar-refractivity contribution >= 4 is 17.8 Å². The Kier molecular flexibility index (Phi) is 4.87. The van der Waals surface area contributed by atoms with E-state index in [1.165, 1.54) is 10.5 Å². The van der Waals surface area contributed by atoms with Gasteiger partial charge >= 0.3 is 12.0 Å². The van der Waals surface area contributed by atoms with Crippen LogP contribution in [0.2, 0.25) is 0 Å². The van der Waals surface area contributed by atoms with Crippen molar-refractivity contribution in [2.75, 3.05) is 31.5 Å². The van der Waals surface area contributed by atoms with Gasteiger partial charge in [-0.05, 0) is 44.2 Å². The highest BCUT2D eigenvalue weighted by Crippen LogP contribution is 2.20. The highest BCUT2D eigenvalue weighted by Gasteiger charge is 2.34. The Hall–Kier alpha value is -2.31. The second-order valence-corrected chi connectivity index (χ2v) is 6.42. The number of aromatic nitrogens is 1. The number of nitrogens with one attached hydrogen (secondary N) is 1. The fourth-order valence-corrected chi connectivity index (χ4v) is 3.26. The van der Waals surface area contributed by atoms with E-state index in [1.54, 1.807) is 11.8 Å². The molecule has 7 nitrogen and oxygen atoms in total. The quantitative estimate of drug-likeness (QED) is 0.826. The first kappa shape index (κ1) is 16.5. The Bertz CT molecular complexity index is 634. The number of carboxylic acids is 1. The number of hydrogen-bond acceptors (Lipinski definition) is 4. The molecular formula is C17H24N4O3. The van der Waals surface area contributed by atoms with Crippen molar-refractivity contribution in [2.45, 2.75) is 38.6 Å². The largest absolute Gasteiger partial charge is 0.480 e. The summed E-state index contributed by atoms with van der Waals surface area (Å²) >= 11 is 0. The third-order valence-electron chi connectivity index (χ3n) is 4.76. The molecule has 2 amide bonds. The van der Waals surface area contributed by atoms with Crippen molar-refractivity contribution in [3.63, 3.8) is 0 Å². The summed E-state index contributed by atoms with van der Waals surface area (Å²) in [4.78, 5) is 31.1. The van der Waals surface area contributed by atoms with E-state index in [1.807, 2.05) is 0 Å². The van der Waals surface area contributed by atoms with Crippen molar-refractivity contribution in [3.05, 3.63) is 23.4 Å². The zero-order chi connectivity index (χ0) is 17.1. The van der Waals surface area contributed by atoms with Crippen molar-refractivity contribution in [2.24, 2.45) is 0 Å². The van der Waals surface area contributed by atoms with Gasteiger partial charge in [-0.2, -0.15) is 0 Å². The molecule has 2 aliphatic rings. The third kappa shape index (κ3) is 3.44. The van der Waals surface area contributed by atoms with Crippen LogP contribution in [0.3, 0.4) is 0 Å². The third-order valence-corrected chi connectivity index (χ3v) is 4.76. The lowest BCUT2D eigenvalue weighted by Gasteiger charge is -2.21. The first-order chi connectivity index (χ1) is 11.6. The van der Waals surface area contributed by atoms with Crippen molar-refractivity contribution in [3.8, 4) is 0 Å². The maximum atomic E-state index is 12.2. The summed E-state index contributed by atoms with van der Waals surface area (Å²) in [6.07, 6.45) is 3.87. The Morgan fingerprint density at radius 1 is 1.42 bits per heavy atom. The van der Waals surface area contributed by atoms with Crippen molar-refractivity contribution < 1.29 is 14.7 Å². The summed E-state index contributed by atoms with van der Waals surface area (Å²) in [7, 11) is 0. The Labute approximate surface area is 141 Å². The summed E-state index contributed by atoms with van der Waals surface area (Å²) in [5.74, 6) is 0.0356. The number of pyridine rings is 1. The fourth-order valence-electron chi connectivity index (χ4n) is 3.26. The summed E-state index contributed by atoms with van der Waals surface area (Å²) < 4.78 is 0. The molecule has 0 aromatic carbocycles. The molecule has 7 heteroatoms. The summed E-state index contributed by atoms with van der Waals surface area (Å²) in [6, 6.07) is 3.26. The highest BCUT2D eigenvalue weighted by atomic mass is 16.4. The van der Waals surface area contributed by atoms with Crippen LogP contribution in [0.4, 0.5) is 10.6 Å². The number of aryl methyl sites for hydroxylation is 2. The summed E-state index contributed by atoms with van der Waals surface area (Å²) in [5, 5.41) is 12.4. The van der Waals surface area contributed by atoms with E-state index in [9.17, 15) is 9.59 Å². The number of carboxylic acid groups (broad SMARTS) is 1. The molecule has 1 saturated heterocycles. The molecule has 0 saturated carbocycles. The van der Waals surface area contributed by atoms with Crippen molar-refractivity contribution in [1.29, 1.82) is 0 Å². The van der Waals surface area contributed by atoms with Gasteiger partial charge in [0.25, 0.3) is 0 Å². The van der Waals surface area contributed by atoms with Crippen molar-refractivity contribution in [1.82, 2.24) is 14.8 Å². The van der Waals surface area contributed by atoms with Gasteiger partial charge in [-0.3, -0.25) is 0 Å². The van der Waals surface area contributed by atoms with Crippen LogP contribution in [0.25, 0.3) is 0 Å². The molecule has 0 aliphatic carbocycles. The first-order valence-electron chi connectivity index (χ1n) is 8.57. The lowest BCUT2D eigenvalue weighted by molar-refractivity contribution is -0.141. The van der Waals surface area contributed by atoms with Gasteiger partial charge < -0.3 is 20.2 Å². The molecule has 0 bridgehead atoms. The van der Waals surface area contributed by atoms with E-state index in [2.05, 4.69) is 22.4 Å². The van der Waals surface area contributed by atoms with Gasteiger partial charge in [0.2, 0.25) is 0 Å². The molecule has 0 spiro atoms. The molecule has 1 fully saturated rings. The van der Waals surface area contributed by atoms with Gasteiger partial charge in [0.15, 0.2) is 0 Å². The van der Waals surface area contributed by atoms with E-state index >= 15 is 0 Å². The number of anilines is 1. The zero-order valence-electron chi connectivity index (χ0n) is 14.0. The second-order valence-electron chi connectivity index (χ2n) is 6.42. The molecule has 2 aliphatic heterocycles. The number of fused-ring (bicyclic) bond motifs is 1. The van der Waals surface area contributed by atoms with Crippen LogP contribution < -0.4 is 5.32 Å². The minimum atomic E-state index is -0.962. The van der Waals surface area contributed by atoms with Crippen LogP contribution in [-0.4, -0.2) is 64.1 Å². The normalized spacial score (nSPS) is 18.3. The Balaban J connectivity index is 1.50. The van der Waals surface area contributed by atoms with Gasteiger partial charge in [-0.1, -0.05) is 6.07 Å². The molecule has 130 valence electrons. The minimum Gasteiger partial charge on any atom is -0.480 e. The smallest absolute Gasteiger partial charge is 0.326 e. The lowest BCUT2D eigenvalue weighted by atomic mass is 10.1. The van der Waals surface area contributed by atoms with Crippen LogP contribution in [0.5, 0.6) is 0 Å². The predicted molar refractivity (Wildman–Crippen MR) is 90.1 cm³/mol. The Morgan fingerprint density at radius 3 is 3.04 bits per heavy atom. The highest BCUT2D eigenvalue weighted by molar-refractivity contribution is 5.83. The maximum absolute atomic E-state index is 12.2. The first-order valence-corrected chi connectivity index (χ1v) is 8.57. The molecule has 1 atom stereocenters. The molecule has 1 aromatic rings. The number of carbonyl (C=O) groups is 2. The standard InChI is InChI=1S/C17H24N4O3/c1-12(16(22)23)21-11-10-20(17(21)24)9-3-5-14-7-6-13-4-2-8-18-15(13)19-14/h6-7,12H,2-5,8-11H2,1H3,(H,18,19)(H,22,23). The number of nitrogens with zero attached hydrogens (tertiary/aromatic N) is 3. The Morgan fingerprint density at radius 2 is 2.25 bits per heavy atom. The van der Waals surface area contributed by atoms with Crippen LogP contribution in [0, 0.1) is 0 Å². The van der Waals surface area contributed by atoms with Gasteiger partial charge in [0.05, 0.1) is 0 Å². The maximum Gasteiger partial charge on any atom is 0.326 e. The van der Waals surface area contributed by atoms with E-state index in [0.717, 1.165) is 43.7 Å². The van der Waals surface area contributed by atoms with Crippen LogP contribution >= 0.6 is 0 Å². The van der Waals surface area contributed by atoms with Gasteiger partial charge in [0, 0.05) is 31.9 Å². The molecular weight excluding hydrogens is 308 g/mol. The van der Waals surface area contributed by atoms with Gasteiger partial charge in [-0.25, -0.2) is 14.6 Å². The van der Waals surface area contributed by atoms with E-state index < -0.39 is 12.0 Å². The monoisotopic (exact) mass is 332 g/mol. The predicted octanol–water partition coefficient (Wildman–Crippen LogP) is 1.58. The average Bonchev–Trinajstić information content (AvgIpc) is 2.95. The summed E-state index contributed by atoms with van der Waals surface area (Å²) in [6.45, 7) is 4.23. The van der Waals surface area contributed by atoms with Gasteiger partial charge in [-0.15, -0.1) is 0 Å². The number of hydrogen-bond donors (Lipinski definition) is 2. The number of carbonyl (C=O) groups excluding carboxylic acids is 1. The molecule has 0 radical (unpaired) electrons. The minimum absolute atomic E-state index is 0.176. The number of rotatable bonds is 6. The zero-order valence-corrected chi connectivity index (χ0v) is 14.0. The molecule has 1 unspecified atom stereocenters. The van der Waals surface area contributed by atoms with E-state index in [-0.39, 0.29) is 6.03 Å². The molecule has 1 aromatic heterocycles. The SMILES string of the molecule is CC(C(=O)O)N1CCN(CCCc2ccc3c(n2)NCCC3)C1=O. The molecule has 3 rings (SSSR count). The number of urea groups is 1. The molecule has 2 N–H and O–H groups in total.